The van der Waals surface area contributed by atoms with Crippen LogP contribution in [-0.4, -0.2) is 54.2 Å². The molecule has 7 heteroatoms. The number of rotatable bonds is 6. The van der Waals surface area contributed by atoms with Gasteiger partial charge in [0.25, 0.3) is 0 Å². The van der Waals surface area contributed by atoms with Crippen LogP contribution >= 0.6 is 0 Å². The molecule has 0 amide bonds. The summed E-state index contributed by atoms with van der Waals surface area (Å²) in [6, 6.07) is 0. The van der Waals surface area contributed by atoms with E-state index in [4.69, 9.17) is 4.52 Å². The highest BCUT2D eigenvalue weighted by Crippen LogP contribution is 2.15. The van der Waals surface area contributed by atoms with E-state index in [2.05, 4.69) is 37.6 Å². The van der Waals surface area contributed by atoms with Crippen LogP contribution in [0.15, 0.2) is 9.52 Å². The Labute approximate surface area is 132 Å². The van der Waals surface area contributed by atoms with Crippen molar-refractivity contribution in [2.75, 3.05) is 33.2 Å². The second kappa shape index (κ2) is 8.73. The molecular weight excluding hydrogens is 280 g/mol. The predicted molar refractivity (Wildman–Crippen MR) is 86.7 cm³/mol. The van der Waals surface area contributed by atoms with Crippen LogP contribution in [0.5, 0.6) is 0 Å². The average molecular weight is 308 g/mol. The van der Waals surface area contributed by atoms with Crippen LogP contribution in [0.4, 0.5) is 0 Å². The lowest BCUT2D eigenvalue weighted by molar-refractivity contribution is 0.191. The highest BCUT2D eigenvalue weighted by molar-refractivity contribution is 5.79. The van der Waals surface area contributed by atoms with E-state index in [0.717, 1.165) is 31.4 Å². The third kappa shape index (κ3) is 5.63. The third-order valence-electron chi connectivity index (χ3n) is 4.02. The Morgan fingerprint density at radius 1 is 1.36 bits per heavy atom. The number of aliphatic imine (C=N–C) groups is 1. The molecule has 1 aromatic rings. The molecule has 1 saturated heterocycles. The lowest BCUT2D eigenvalue weighted by Crippen LogP contribution is -2.39. The van der Waals surface area contributed by atoms with Gasteiger partial charge in [0.2, 0.25) is 5.89 Å². The standard InChI is InChI=1S/C15H28N6O/c1-12-5-9-21(10-6-12)8-4-7-17-15(16-3)18-11-14-19-13(2)20-22-14/h12H,4-11H2,1-3H3,(H2,16,17,18). The minimum atomic E-state index is 0.491. The quantitative estimate of drug-likeness (QED) is 0.466. The Bertz CT molecular complexity index is 464. The fourth-order valence-electron chi connectivity index (χ4n) is 2.59. The van der Waals surface area contributed by atoms with Gasteiger partial charge in [-0.15, -0.1) is 0 Å². The Hall–Kier alpha value is -1.63. The second-order valence-corrected chi connectivity index (χ2v) is 5.97. The van der Waals surface area contributed by atoms with Crippen molar-refractivity contribution in [3.8, 4) is 0 Å². The van der Waals surface area contributed by atoms with E-state index in [1.54, 1.807) is 14.0 Å². The molecule has 2 heterocycles. The number of guanidine groups is 1. The van der Waals surface area contributed by atoms with E-state index in [9.17, 15) is 0 Å². The molecule has 2 N–H and O–H groups in total. The van der Waals surface area contributed by atoms with E-state index in [1.165, 1.54) is 25.9 Å². The van der Waals surface area contributed by atoms with Crippen molar-refractivity contribution in [1.82, 2.24) is 25.7 Å². The van der Waals surface area contributed by atoms with Crippen molar-refractivity contribution in [3.05, 3.63) is 11.7 Å². The Balaban J connectivity index is 1.58. The van der Waals surface area contributed by atoms with Crippen molar-refractivity contribution >= 4 is 5.96 Å². The van der Waals surface area contributed by atoms with Crippen molar-refractivity contribution in [2.45, 2.75) is 39.7 Å². The number of nitrogens with zero attached hydrogens (tertiary/aromatic N) is 4. The van der Waals surface area contributed by atoms with Gasteiger partial charge < -0.3 is 20.1 Å². The lowest BCUT2D eigenvalue weighted by Gasteiger charge is -2.30. The van der Waals surface area contributed by atoms with Gasteiger partial charge >= 0.3 is 0 Å². The third-order valence-corrected chi connectivity index (χ3v) is 4.02. The summed E-state index contributed by atoms with van der Waals surface area (Å²) < 4.78 is 5.06. The Kier molecular flexibility index (Phi) is 6.64. The van der Waals surface area contributed by atoms with Crippen LogP contribution in [0.2, 0.25) is 0 Å². The molecule has 0 aliphatic carbocycles. The first-order valence-electron chi connectivity index (χ1n) is 8.13. The highest BCUT2D eigenvalue weighted by Gasteiger charge is 2.14. The fraction of sp³-hybridized carbons (Fsp3) is 0.800. The zero-order chi connectivity index (χ0) is 15.8. The minimum absolute atomic E-state index is 0.491. The Morgan fingerprint density at radius 3 is 2.77 bits per heavy atom. The summed E-state index contributed by atoms with van der Waals surface area (Å²) in [7, 11) is 1.76. The zero-order valence-electron chi connectivity index (χ0n) is 13.9. The summed E-state index contributed by atoms with van der Waals surface area (Å²) in [5.74, 6) is 2.88. The molecule has 7 nitrogen and oxygen atoms in total. The van der Waals surface area contributed by atoms with E-state index in [0.29, 0.717) is 18.3 Å². The molecule has 0 spiro atoms. The molecule has 1 aromatic heterocycles. The number of aromatic nitrogens is 2. The molecule has 0 saturated carbocycles. The summed E-state index contributed by atoms with van der Waals surface area (Å²) in [5.41, 5.74) is 0. The summed E-state index contributed by atoms with van der Waals surface area (Å²) >= 11 is 0. The first-order chi connectivity index (χ1) is 10.7. The molecule has 1 fully saturated rings. The predicted octanol–water partition coefficient (Wildman–Crippen LogP) is 1.17. The van der Waals surface area contributed by atoms with Crippen LogP contribution in [0.25, 0.3) is 0 Å². The van der Waals surface area contributed by atoms with E-state index >= 15 is 0 Å². The molecule has 124 valence electrons. The molecular formula is C15H28N6O. The van der Waals surface area contributed by atoms with Gasteiger partial charge in [-0.25, -0.2) is 0 Å². The van der Waals surface area contributed by atoms with Crippen LogP contribution in [-0.2, 0) is 6.54 Å². The van der Waals surface area contributed by atoms with Gasteiger partial charge in [-0.3, -0.25) is 4.99 Å². The van der Waals surface area contributed by atoms with Crippen molar-refractivity contribution < 1.29 is 4.52 Å². The molecule has 0 aromatic carbocycles. The summed E-state index contributed by atoms with van der Waals surface area (Å²) in [5, 5.41) is 10.3. The zero-order valence-corrected chi connectivity index (χ0v) is 13.9. The average Bonchev–Trinajstić information content (AvgIpc) is 2.94. The largest absolute Gasteiger partial charge is 0.356 e. The first-order valence-corrected chi connectivity index (χ1v) is 8.13. The van der Waals surface area contributed by atoms with Gasteiger partial charge in [-0.2, -0.15) is 4.98 Å². The number of likely N-dealkylation sites (tertiary alicyclic amines) is 1. The molecule has 22 heavy (non-hydrogen) atoms. The van der Waals surface area contributed by atoms with Crippen LogP contribution < -0.4 is 10.6 Å². The topological polar surface area (TPSA) is 78.6 Å². The fourth-order valence-corrected chi connectivity index (χ4v) is 2.59. The van der Waals surface area contributed by atoms with Crippen LogP contribution in [0.1, 0.15) is 37.9 Å². The summed E-state index contributed by atoms with van der Waals surface area (Å²) in [4.78, 5) is 10.9. The van der Waals surface area contributed by atoms with Crippen LogP contribution in [0, 0.1) is 12.8 Å². The van der Waals surface area contributed by atoms with Gasteiger partial charge in [0.1, 0.15) is 0 Å². The van der Waals surface area contributed by atoms with Gasteiger partial charge in [0.15, 0.2) is 11.8 Å². The maximum Gasteiger partial charge on any atom is 0.246 e. The van der Waals surface area contributed by atoms with Crippen molar-refractivity contribution in [3.63, 3.8) is 0 Å². The maximum absolute atomic E-state index is 5.06. The molecule has 1 aliphatic rings. The van der Waals surface area contributed by atoms with Crippen molar-refractivity contribution in [2.24, 2.45) is 10.9 Å². The number of nitrogens with one attached hydrogen (secondary N) is 2. The van der Waals surface area contributed by atoms with Gasteiger partial charge in [-0.05, 0) is 51.7 Å². The number of hydrogen-bond acceptors (Lipinski definition) is 5. The number of aryl methyl sites for hydroxylation is 1. The Morgan fingerprint density at radius 2 is 2.14 bits per heavy atom. The maximum atomic E-state index is 5.06. The smallest absolute Gasteiger partial charge is 0.246 e. The first kappa shape index (κ1) is 16.7. The normalized spacial score (nSPS) is 17.7. The molecule has 0 atom stereocenters. The molecule has 0 bridgehead atoms. The number of piperidine rings is 1. The molecule has 0 radical (unpaired) electrons. The van der Waals surface area contributed by atoms with Gasteiger partial charge in [0, 0.05) is 13.6 Å². The van der Waals surface area contributed by atoms with Crippen molar-refractivity contribution in [1.29, 1.82) is 0 Å². The lowest BCUT2D eigenvalue weighted by atomic mass is 9.99. The van der Waals surface area contributed by atoms with Gasteiger partial charge in [0.05, 0.1) is 6.54 Å². The summed E-state index contributed by atoms with van der Waals surface area (Å²) in [6.07, 6.45) is 3.79. The van der Waals surface area contributed by atoms with E-state index in [1.807, 2.05) is 0 Å². The molecule has 1 aliphatic heterocycles. The minimum Gasteiger partial charge on any atom is -0.356 e. The number of hydrogen-bond donors (Lipinski definition) is 2. The van der Waals surface area contributed by atoms with Gasteiger partial charge in [-0.1, -0.05) is 12.1 Å². The van der Waals surface area contributed by atoms with Crippen LogP contribution in [0.3, 0.4) is 0 Å². The van der Waals surface area contributed by atoms with E-state index < -0.39 is 0 Å². The SMILES string of the molecule is CN=C(NCCCN1CCC(C)CC1)NCc1nc(C)no1. The highest BCUT2D eigenvalue weighted by atomic mass is 16.5. The summed E-state index contributed by atoms with van der Waals surface area (Å²) in [6.45, 7) is 9.19. The molecule has 2 rings (SSSR count). The van der Waals surface area contributed by atoms with E-state index in [-0.39, 0.29) is 0 Å². The molecule has 0 unspecified atom stereocenters. The monoisotopic (exact) mass is 308 g/mol. The second-order valence-electron chi connectivity index (χ2n) is 5.97.